The van der Waals surface area contributed by atoms with Gasteiger partial charge < -0.3 is 9.79 Å². The molecule has 0 aliphatic heterocycles. The lowest BCUT2D eigenvalue weighted by molar-refractivity contribution is 0.502. The minimum atomic E-state index is -2.97. The Morgan fingerprint density at radius 1 is 0.870 bits per heavy atom. The monoisotopic (exact) mass is 386 g/mol. The van der Waals surface area contributed by atoms with Crippen LogP contribution >= 0.6 is 28.8 Å². The van der Waals surface area contributed by atoms with Gasteiger partial charge in [-0.3, -0.25) is 0 Å². The SMILES string of the molecule is C=C.CC(C)SP(O)(O)=S.c1ccc(Sc2ccccc2)cc1. The van der Waals surface area contributed by atoms with E-state index in [4.69, 9.17) is 9.79 Å². The summed E-state index contributed by atoms with van der Waals surface area (Å²) in [5, 5.41) is 0.204. The maximum absolute atomic E-state index is 8.63. The van der Waals surface area contributed by atoms with Gasteiger partial charge in [-0.25, -0.2) is 0 Å². The molecule has 23 heavy (non-hydrogen) atoms. The van der Waals surface area contributed by atoms with Gasteiger partial charge in [0, 0.05) is 15.0 Å². The zero-order valence-corrected chi connectivity index (χ0v) is 16.7. The molecule has 2 aromatic carbocycles. The van der Waals surface area contributed by atoms with Crippen molar-refractivity contribution >= 4 is 40.6 Å². The molecule has 0 unspecified atom stereocenters. The van der Waals surface area contributed by atoms with Crippen LogP contribution in [-0.2, 0) is 11.8 Å². The second-order valence-corrected chi connectivity index (χ2v) is 12.0. The van der Waals surface area contributed by atoms with E-state index in [1.165, 1.54) is 9.79 Å². The van der Waals surface area contributed by atoms with Gasteiger partial charge in [-0.2, -0.15) is 0 Å². The van der Waals surface area contributed by atoms with Crippen LogP contribution in [0.15, 0.2) is 83.6 Å². The summed E-state index contributed by atoms with van der Waals surface area (Å²) in [4.78, 5) is 19.8. The molecule has 0 atom stereocenters. The minimum Gasteiger partial charge on any atom is -0.338 e. The first kappa shape index (κ1) is 22.4. The zero-order chi connectivity index (χ0) is 17.7. The molecule has 126 valence electrons. The number of rotatable bonds is 4. The molecule has 0 radical (unpaired) electrons. The molecule has 0 saturated carbocycles. The van der Waals surface area contributed by atoms with E-state index in [1.807, 2.05) is 26.0 Å². The summed E-state index contributed by atoms with van der Waals surface area (Å²) < 4.78 is 0. The maximum atomic E-state index is 8.63. The third kappa shape index (κ3) is 13.6. The fourth-order valence-electron chi connectivity index (χ4n) is 1.39. The summed E-state index contributed by atoms with van der Waals surface area (Å²) in [6, 6.07) is 20.8. The highest BCUT2D eigenvalue weighted by molar-refractivity contribution is 8.67. The quantitative estimate of drug-likeness (QED) is 0.500. The predicted octanol–water partition coefficient (Wildman–Crippen LogP) is 5.98. The Hall–Kier alpha value is -0.550. The zero-order valence-electron chi connectivity index (χ0n) is 13.3. The van der Waals surface area contributed by atoms with Gasteiger partial charge in [-0.15, -0.1) is 13.2 Å². The van der Waals surface area contributed by atoms with Crippen LogP contribution in [0.4, 0.5) is 0 Å². The molecule has 0 spiro atoms. The van der Waals surface area contributed by atoms with Crippen LogP contribution in [0.3, 0.4) is 0 Å². The Balaban J connectivity index is 0.000000421. The smallest absolute Gasteiger partial charge is 0.242 e. The molecule has 0 fully saturated rings. The Morgan fingerprint density at radius 2 is 1.22 bits per heavy atom. The summed E-state index contributed by atoms with van der Waals surface area (Å²) >= 11 is 7.18. The van der Waals surface area contributed by atoms with Crippen molar-refractivity contribution in [3.05, 3.63) is 73.8 Å². The molecule has 0 bridgehead atoms. The molecular formula is C17H23O2PS3. The van der Waals surface area contributed by atoms with E-state index in [0.29, 0.717) is 0 Å². The van der Waals surface area contributed by atoms with Crippen LogP contribution in [0.1, 0.15) is 13.8 Å². The van der Waals surface area contributed by atoms with Crippen molar-refractivity contribution in [2.24, 2.45) is 0 Å². The van der Waals surface area contributed by atoms with Gasteiger partial charge in [0.2, 0.25) is 5.69 Å². The number of hydrogen-bond acceptors (Lipinski definition) is 3. The summed E-state index contributed by atoms with van der Waals surface area (Å²) in [6.07, 6.45) is 0. The molecule has 2 N–H and O–H groups in total. The highest BCUT2D eigenvalue weighted by Gasteiger charge is 2.09. The average molecular weight is 387 g/mol. The second kappa shape index (κ2) is 12.8. The fourth-order valence-corrected chi connectivity index (χ4v) is 5.99. The lowest BCUT2D eigenvalue weighted by atomic mass is 10.4. The second-order valence-electron chi connectivity index (χ2n) is 4.37. The van der Waals surface area contributed by atoms with Crippen LogP contribution < -0.4 is 0 Å². The van der Waals surface area contributed by atoms with Crippen LogP contribution in [0, 0.1) is 0 Å². The van der Waals surface area contributed by atoms with Gasteiger partial charge in [-0.1, -0.05) is 73.4 Å². The largest absolute Gasteiger partial charge is 0.338 e. The van der Waals surface area contributed by atoms with Gasteiger partial charge >= 0.3 is 0 Å². The molecular weight excluding hydrogens is 363 g/mol. The van der Waals surface area contributed by atoms with Crippen molar-refractivity contribution in [2.45, 2.75) is 28.9 Å². The van der Waals surface area contributed by atoms with E-state index in [0.717, 1.165) is 11.4 Å². The topological polar surface area (TPSA) is 40.5 Å². The van der Waals surface area contributed by atoms with Gasteiger partial charge in [-0.05, 0) is 36.1 Å². The van der Waals surface area contributed by atoms with Gasteiger partial charge in [0.1, 0.15) is 0 Å². The van der Waals surface area contributed by atoms with E-state index in [2.05, 4.69) is 73.5 Å². The molecule has 0 amide bonds. The van der Waals surface area contributed by atoms with Crippen LogP contribution in [0.2, 0.25) is 0 Å². The summed E-state index contributed by atoms with van der Waals surface area (Å²) in [5.41, 5.74) is -2.97. The fraction of sp³-hybridized carbons (Fsp3) is 0.176. The third-order valence-corrected chi connectivity index (χ3v) is 6.65. The average Bonchev–Trinajstić information content (AvgIpc) is 2.49. The molecule has 0 heterocycles. The number of hydrogen-bond donors (Lipinski definition) is 2. The maximum Gasteiger partial charge on any atom is 0.242 e. The molecule has 2 rings (SSSR count). The molecule has 0 aromatic heterocycles. The molecule has 2 aromatic rings. The summed E-state index contributed by atoms with van der Waals surface area (Å²) in [7, 11) is 0. The number of benzene rings is 2. The first-order chi connectivity index (χ1) is 10.9. The van der Waals surface area contributed by atoms with Crippen molar-refractivity contribution < 1.29 is 9.79 Å². The highest BCUT2D eigenvalue weighted by Crippen LogP contribution is 2.52. The van der Waals surface area contributed by atoms with Crippen LogP contribution in [0.5, 0.6) is 0 Å². The lowest BCUT2D eigenvalue weighted by Gasteiger charge is -2.07. The molecule has 0 aliphatic carbocycles. The first-order valence-corrected chi connectivity index (χ1v) is 11.9. The standard InChI is InChI=1S/C12H10S.C3H9O2PS2.C2H4/c1-3-7-11(8-4-1)13-12-9-5-2-6-10-12;1-3(2)8-6(4,5)7;1-2/h1-10H;3H,1-2H3,(H2,4,5,7);1-2H2. The Bertz CT molecular complexity index is 533. The van der Waals surface area contributed by atoms with Crippen molar-refractivity contribution in [1.82, 2.24) is 0 Å². The molecule has 0 saturated heterocycles. The normalized spacial score (nSPS) is 10.1. The highest BCUT2D eigenvalue weighted by atomic mass is 32.9. The van der Waals surface area contributed by atoms with Gasteiger partial charge in [0.15, 0.2) is 0 Å². The first-order valence-electron chi connectivity index (χ1n) is 6.89. The van der Waals surface area contributed by atoms with E-state index in [9.17, 15) is 0 Å². The molecule has 6 heteroatoms. The van der Waals surface area contributed by atoms with Gasteiger partial charge in [0.25, 0.3) is 0 Å². The van der Waals surface area contributed by atoms with Crippen molar-refractivity contribution in [1.29, 1.82) is 0 Å². The Morgan fingerprint density at radius 3 is 1.43 bits per heavy atom. The third-order valence-electron chi connectivity index (χ3n) is 2.07. The molecule has 0 aliphatic rings. The van der Waals surface area contributed by atoms with Crippen molar-refractivity contribution in [3.63, 3.8) is 0 Å². The van der Waals surface area contributed by atoms with Crippen molar-refractivity contribution in [2.75, 3.05) is 0 Å². The van der Waals surface area contributed by atoms with E-state index in [1.54, 1.807) is 11.8 Å². The molecule has 2 nitrogen and oxygen atoms in total. The lowest BCUT2D eigenvalue weighted by Crippen LogP contribution is -1.84. The predicted molar refractivity (Wildman–Crippen MR) is 110 cm³/mol. The summed E-state index contributed by atoms with van der Waals surface area (Å²) in [5.74, 6) is 0. The van der Waals surface area contributed by atoms with Gasteiger partial charge in [0.05, 0.1) is 0 Å². The Kier molecular flexibility index (Phi) is 12.5. The van der Waals surface area contributed by atoms with Crippen LogP contribution in [0.25, 0.3) is 0 Å². The van der Waals surface area contributed by atoms with E-state index >= 15 is 0 Å². The van der Waals surface area contributed by atoms with E-state index < -0.39 is 5.69 Å². The van der Waals surface area contributed by atoms with Crippen molar-refractivity contribution in [3.8, 4) is 0 Å². The van der Waals surface area contributed by atoms with Crippen LogP contribution in [-0.4, -0.2) is 15.0 Å². The summed E-state index contributed by atoms with van der Waals surface area (Å²) in [6.45, 7) is 9.75. The van der Waals surface area contributed by atoms with E-state index in [-0.39, 0.29) is 5.25 Å². The minimum absolute atomic E-state index is 0.204. The Labute approximate surface area is 153 Å².